The molecule has 4 aliphatic carbocycles. The number of carbonyl (C=O) groups is 2. The first kappa shape index (κ1) is 16.6. The van der Waals surface area contributed by atoms with Crippen LogP contribution in [0.15, 0.2) is 0 Å². The highest BCUT2D eigenvalue weighted by Crippen LogP contribution is 2.58. The second kappa shape index (κ2) is 4.89. The lowest BCUT2D eigenvalue weighted by Gasteiger charge is -2.53. The van der Waals surface area contributed by atoms with E-state index < -0.39 is 35.4 Å². The number of hydrogen-bond acceptors (Lipinski definition) is 3. The first-order chi connectivity index (χ1) is 10.4. The molecule has 130 valence electrons. The van der Waals surface area contributed by atoms with Gasteiger partial charge in [-0.2, -0.15) is 13.2 Å². The van der Waals surface area contributed by atoms with E-state index in [1.165, 1.54) is 0 Å². The summed E-state index contributed by atoms with van der Waals surface area (Å²) in [5, 5.41) is 0. The van der Waals surface area contributed by atoms with Gasteiger partial charge in [0.2, 0.25) is 0 Å². The Balaban J connectivity index is 1.86. The van der Waals surface area contributed by atoms with E-state index in [1.807, 2.05) is 0 Å². The van der Waals surface area contributed by atoms with Gasteiger partial charge in [-0.3, -0.25) is 9.59 Å². The number of halogens is 5. The van der Waals surface area contributed by atoms with E-state index in [0.717, 1.165) is 6.42 Å². The van der Waals surface area contributed by atoms with E-state index in [2.05, 4.69) is 4.74 Å². The molecule has 0 aromatic heterocycles. The van der Waals surface area contributed by atoms with Crippen molar-refractivity contribution >= 4 is 11.8 Å². The van der Waals surface area contributed by atoms with Gasteiger partial charge in [-0.15, -0.1) is 0 Å². The van der Waals surface area contributed by atoms with Crippen LogP contribution in [0.1, 0.15) is 39.0 Å². The van der Waals surface area contributed by atoms with Gasteiger partial charge in [0, 0.05) is 12.8 Å². The summed E-state index contributed by atoms with van der Waals surface area (Å²) in [5.74, 6) is -6.28. The standard InChI is InChI=1S/C15H17F5O3/c1-13(16,17)11(15(18,19)20)23-12(22)14-5-7-2-8(6-14)4-9(3-7)10(14)21/h7-9,11H,2-6H2,1H3. The van der Waals surface area contributed by atoms with Crippen LogP contribution in [0.2, 0.25) is 0 Å². The molecule has 3 nitrogen and oxygen atoms in total. The smallest absolute Gasteiger partial charge is 0.431 e. The van der Waals surface area contributed by atoms with Crippen molar-refractivity contribution in [3.05, 3.63) is 0 Å². The van der Waals surface area contributed by atoms with E-state index in [0.29, 0.717) is 12.8 Å². The van der Waals surface area contributed by atoms with Crippen LogP contribution in [0.25, 0.3) is 0 Å². The zero-order chi connectivity index (χ0) is 17.2. The van der Waals surface area contributed by atoms with Crippen molar-refractivity contribution in [2.75, 3.05) is 0 Å². The van der Waals surface area contributed by atoms with Crippen molar-refractivity contribution in [3.63, 3.8) is 0 Å². The third-order valence-electron chi connectivity index (χ3n) is 5.39. The molecular formula is C15H17F5O3. The molecule has 0 saturated heterocycles. The number of ether oxygens (including phenoxy) is 1. The normalized spacial score (nSPS) is 37.8. The second-order valence-corrected chi connectivity index (χ2v) is 7.27. The summed E-state index contributed by atoms with van der Waals surface area (Å²) in [7, 11) is 0. The van der Waals surface area contributed by atoms with E-state index in [-0.39, 0.29) is 37.5 Å². The quantitative estimate of drug-likeness (QED) is 0.449. The lowest BCUT2D eigenvalue weighted by molar-refractivity contribution is -0.278. The molecule has 4 bridgehead atoms. The van der Waals surface area contributed by atoms with Crippen LogP contribution < -0.4 is 0 Å². The molecule has 4 aliphatic rings. The number of esters is 1. The summed E-state index contributed by atoms with van der Waals surface area (Å²) < 4.78 is 69.1. The molecule has 0 radical (unpaired) electrons. The lowest BCUT2D eigenvalue weighted by atomic mass is 9.49. The Bertz CT molecular complexity index is 508. The minimum absolute atomic E-state index is 0.0555. The fourth-order valence-electron chi connectivity index (χ4n) is 4.72. The van der Waals surface area contributed by atoms with E-state index >= 15 is 0 Å². The molecule has 23 heavy (non-hydrogen) atoms. The molecular weight excluding hydrogens is 323 g/mol. The molecule has 8 heteroatoms. The summed E-state index contributed by atoms with van der Waals surface area (Å²) in [5.41, 5.74) is -1.65. The Kier molecular flexibility index (Phi) is 3.54. The maximum Gasteiger partial charge on any atom is 0.431 e. The summed E-state index contributed by atoms with van der Waals surface area (Å²) in [6.45, 7) is 0.0555. The second-order valence-electron chi connectivity index (χ2n) is 7.27. The Morgan fingerprint density at radius 2 is 1.65 bits per heavy atom. The Hall–Kier alpha value is -1.21. The highest BCUT2D eigenvalue weighted by Gasteiger charge is 2.64. The topological polar surface area (TPSA) is 43.4 Å². The Morgan fingerprint density at radius 1 is 1.13 bits per heavy atom. The molecule has 0 heterocycles. The lowest BCUT2D eigenvalue weighted by Crippen LogP contribution is -2.59. The van der Waals surface area contributed by atoms with Crippen LogP contribution in [0.5, 0.6) is 0 Å². The average molecular weight is 340 g/mol. The van der Waals surface area contributed by atoms with Crippen LogP contribution in [0.4, 0.5) is 22.0 Å². The molecule has 0 aromatic carbocycles. The molecule has 3 unspecified atom stereocenters. The summed E-state index contributed by atoms with van der Waals surface area (Å²) >= 11 is 0. The fourth-order valence-corrected chi connectivity index (χ4v) is 4.72. The number of rotatable bonds is 3. The van der Waals surface area contributed by atoms with Crippen LogP contribution in [-0.2, 0) is 14.3 Å². The highest BCUT2D eigenvalue weighted by molar-refractivity contribution is 6.06. The monoisotopic (exact) mass is 340 g/mol. The molecule has 0 spiro atoms. The number of carbonyl (C=O) groups excluding carboxylic acids is 2. The molecule has 0 amide bonds. The SMILES string of the molecule is CC(F)(F)C(OC(=O)C12CC3CC(CC(C3)C1=O)C2)C(F)(F)F. The predicted octanol–water partition coefficient (Wildman–Crippen LogP) is 3.51. The van der Waals surface area contributed by atoms with Gasteiger partial charge >= 0.3 is 12.1 Å². The summed E-state index contributed by atoms with van der Waals surface area (Å²) in [6.07, 6.45) is -6.56. The third-order valence-corrected chi connectivity index (χ3v) is 5.39. The number of Topliss-reactive ketones (excluding diaryl/α,β-unsaturated/α-hetero) is 1. The van der Waals surface area contributed by atoms with Gasteiger partial charge < -0.3 is 4.74 Å². The van der Waals surface area contributed by atoms with E-state index in [9.17, 15) is 31.5 Å². The molecule has 4 saturated carbocycles. The number of alkyl halides is 5. The van der Waals surface area contributed by atoms with E-state index in [1.54, 1.807) is 0 Å². The van der Waals surface area contributed by atoms with Gasteiger partial charge in [-0.1, -0.05) is 0 Å². The van der Waals surface area contributed by atoms with Crippen molar-refractivity contribution in [1.29, 1.82) is 0 Å². The minimum Gasteiger partial charge on any atom is -0.445 e. The zero-order valence-corrected chi connectivity index (χ0v) is 12.5. The van der Waals surface area contributed by atoms with Gasteiger partial charge in [0.1, 0.15) is 5.41 Å². The van der Waals surface area contributed by atoms with Gasteiger partial charge in [-0.05, 0) is 43.9 Å². The fraction of sp³-hybridized carbons (Fsp3) is 0.867. The van der Waals surface area contributed by atoms with Crippen molar-refractivity contribution < 1.29 is 36.3 Å². The Morgan fingerprint density at radius 3 is 2.09 bits per heavy atom. The van der Waals surface area contributed by atoms with Gasteiger partial charge in [0.05, 0.1) is 0 Å². The summed E-state index contributed by atoms with van der Waals surface area (Å²) in [4.78, 5) is 24.8. The van der Waals surface area contributed by atoms with Crippen LogP contribution in [-0.4, -0.2) is 30.0 Å². The maximum absolute atomic E-state index is 13.2. The average Bonchev–Trinajstić information content (AvgIpc) is 2.38. The molecule has 4 fully saturated rings. The number of hydrogen-bond donors (Lipinski definition) is 0. The molecule has 0 aromatic rings. The van der Waals surface area contributed by atoms with Crippen LogP contribution >= 0.6 is 0 Å². The maximum atomic E-state index is 13.2. The third kappa shape index (κ3) is 2.63. The minimum atomic E-state index is -5.39. The molecule has 0 N–H and O–H groups in total. The highest BCUT2D eigenvalue weighted by atomic mass is 19.4. The first-order valence-corrected chi connectivity index (χ1v) is 7.63. The van der Waals surface area contributed by atoms with Crippen LogP contribution in [0, 0.1) is 23.2 Å². The van der Waals surface area contributed by atoms with Crippen LogP contribution in [0.3, 0.4) is 0 Å². The number of ketones is 1. The zero-order valence-electron chi connectivity index (χ0n) is 12.5. The first-order valence-electron chi connectivity index (χ1n) is 7.63. The van der Waals surface area contributed by atoms with Crippen molar-refractivity contribution in [2.24, 2.45) is 23.2 Å². The van der Waals surface area contributed by atoms with Crippen molar-refractivity contribution in [1.82, 2.24) is 0 Å². The van der Waals surface area contributed by atoms with Gasteiger partial charge in [-0.25, -0.2) is 8.78 Å². The van der Waals surface area contributed by atoms with Crippen molar-refractivity contribution in [2.45, 2.75) is 57.2 Å². The molecule has 3 atom stereocenters. The van der Waals surface area contributed by atoms with Crippen molar-refractivity contribution in [3.8, 4) is 0 Å². The van der Waals surface area contributed by atoms with Gasteiger partial charge in [0.25, 0.3) is 12.0 Å². The largest absolute Gasteiger partial charge is 0.445 e. The van der Waals surface area contributed by atoms with Gasteiger partial charge in [0.15, 0.2) is 5.78 Å². The van der Waals surface area contributed by atoms with E-state index in [4.69, 9.17) is 0 Å². The summed E-state index contributed by atoms with van der Waals surface area (Å²) in [6, 6.07) is 0. The Labute approximate surface area is 129 Å². The molecule has 0 aliphatic heterocycles. The predicted molar refractivity (Wildman–Crippen MR) is 67.6 cm³/mol. The molecule has 4 rings (SSSR count).